The second-order valence-corrected chi connectivity index (χ2v) is 5.37. The highest BCUT2D eigenvalue weighted by molar-refractivity contribution is 5.71. The summed E-state index contributed by atoms with van der Waals surface area (Å²) in [5.74, 6) is -0.0405. The van der Waals surface area contributed by atoms with E-state index < -0.39 is 11.9 Å². The van der Waals surface area contributed by atoms with Crippen LogP contribution >= 0.6 is 0 Å². The summed E-state index contributed by atoms with van der Waals surface area (Å²) in [6.07, 6.45) is 2.66. The summed E-state index contributed by atoms with van der Waals surface area (Å²) in [5, 5.41) is 13.3. The number of carbonyl (C=O) groups is 1. The van der Waals surface area contributed by atoms with Crippen LogP contribution in [-0.2, 0) is 22.5 Å². The fourth-order valence-electron chi connectivity index (χ4n) is 2.64. The third-order valence-corrected chi connectivity index (χ3v) is 3.67. The van der Waals surface area contributed by atoms with E-state index in [0.29, 0.717) is 24.9 Å². The molecule has 0 radical (unpaired) electrons. The van der Waals surface area contributed by atoms with Crippen LogP contribution in [0.3, 0.4) is 0 Å². The minimum atomic E-state index is -0.807. The van der Waals surface area contributed by atoms with Gasteiger partial charge in [-0.15, -0.1) is 0 Å². The predicted octanol–water partition coefficient (Wildman–Crippen LogP) is 1.33. The molecule has 2 atom stereocenters. The van der Waals surface area contributed by atoms with Gasteiger partial charge in [0.15, 0.2) is 5.82 Å². The van der Waals surface area contributed by atoms with Gasteiger partial charge in [-0.05, 0) is 19.4 Å². The zero-order valence-corrected chi connectivity index (χ0v) is 12.6. The molecule has 1 fully saturated rings. The van der Waals surface area contributed by atoms with Gasteiger partial charge in [0.2, 0.25) is 5.89 Å². The molecule has 7 heteroatoms. The van der Waals surface area contributed by atoms with Gasteiger partial charge in [-0.1, -0.05) is 19.0 Å². The van der Waals surface area contributed by atoms with Crippen LogP contribution in [0.1, 0.15) is 38.4 Å². The number of aliphatic carboxylic acids is 1. The number of aromatic nitrogens is 2. The molecule has 0 saturated carbocycles. The maximum atomic E-state index is 11.3. The molecule has 0 bridgehead atoms. The van der Waals surface area contributed by atoms with Gasteiger partial charge in [0.05, 0.1) is 25.7 Å². The first kappa shape index (κ1) is 15.9. The van der Waals surface area contributed by atoms with Crippen molar-refractivity contribution < 1.29 is 19.2 Å². The standard InChI is InChI=1S/C14H23N3O4/c1-3-5-13-15-12(16-21-13)7-17(6-4-2)11-9-20-8-10(11)14(18)19/h10-11H,3-9H2,1-2H3,(H,18,19). The van der Waals surface area contributed by atoms with E-state index in [-0.39, 0.29) is 12.6 Å². The molecule has 1 aliphatic heterocycles. The third kappa shape index (κ3) is 4.01. The summed E-state index contributed by atoms with van der Waals surface area (Å²) < 4.78 is 10.5. The number of carboxylic acid groups (broad SMARTS) is 1. The van der Waals surface area contributed by atoms with E-state index in [2.05, 4.69) is 28.9 Å². The largest absolute Gasteiger partial charge is 0.481 e. The Kier molecular flexibility index (Phi) is 5.69. The van der Waals surface area contributed by atoms with E-state index in [1.54, 1.807) is 0 Å². The van der Waals surface area contributed by atoms with E-state index in [1.165, 1.54) is 0 Å². The fourth-order valence-corrected chi connectivity index (χ4v) is 2.64. The molecule has 1 saturated heterocycles. The van der Waals surface area contributed by atoms with Crippen LogP contribution in [0, 0.1) is 5.92 Å². The van der Waals surface area contributed by atoms with Crippen molar-refractivity contribution in [3.05, 3.63) is 11.7 Å². The van der Waals surface area contributed by atoms with E-state index in [9.17, 15) is 9.90 Å². The number of hydrogen-bond acceptors (Lipinski definition) is 6. The molecule has 1 N–H and O–H groups in total. The number of hydrogen-bond donors (Lipinski definition) is 1. The van der Waals surface area contributed by atoms with Crippen molar-refractivity contribution in [1.82, 2.24) is 15.0 Å². The number of rotatable bonds is 8. The zero-order chi connectivity index (χ0) is 15.2. The van der Waals surface area contributed by atoms with Crippen molar-refractivity contribution in [3.63, 3.8) is 0 Å². The third-order valence-electron chi connectivity index (χ3n) is 3.67. The average molecular weight is 297 g/mol. The van der Waals surface area contributed by atoms with E-state index in [1.807, 2.05) is 0 Å². The number of carboxylic acids is 1. The first-order valence-corrected chi connectivity index (χ1v) is 7.51. The molecule has 7 nitrogen and oxygen atoms in total. The first-order chi connectivity index (χ1) is 10.2. The van der Waals surface area contributed by atoms with Crippen molar-refractivity contribution in [3.8, 4) is 0 Å². The molecule has 0 amide bonds. The highest BCUT2D eigenvalue weighted by Gasteiger charge is 2.38. The van der Waals surface area contributed by atoms with Crippen molar-refractivity contribution >= 4 is 5.97 Å². The quantitative estimate of drug-likeness (QED) is 0.774. The zero-order valence-electron chi connectivity index (χ0n) is 12.6. The van der Waals surface area contributed by atoms with Gasteiger partial charge < -0.3 is 14.4 Å². The summed E-state index contributed by atoms with van der Waals surface area (Å²) >= 11 is 0. The maximum Gasteiger partial charge on any atom is 0.310 e. The fraction of sp³-hybridized carbons (Fsp3) is 0.786. The molecular weight excluding hydrogens is 274 g/mol. The van der Waals surface area contributed by atoms with Gasteiger partial charge in [-0.2, -0.15) is 4.98 Å². The Morgan fingerprint density at radius 2 is 2.19 bits per heavy atom. The van der Waals surface area contributed by atoms with E-state index in [4.69, 9.17) is 9.26 Å². The Hall–Kier alpha value is -1.47. The highest BCUT2D eigenvalue weighted by atomic mass is 16.5. The minimum Gasteiger partial charge on any atom is -0.481 e. The summed E-state index contributed by atoms with van der Waals surface area (Å²) in [6.45, 7) is 6.12. The minimum absolute atomic E-state index is 0.129. The predicted molar refractivity (Wildman–Crippen MR) is 74.7 cm³/mol. The molecule has 1 aliphatic rings. The summed E-state index contributed by atoms with van der Waals surface area (Å²) in [6, 6.07) is -0.129. The lowest BCUT2D eigenvalue weighted by Crippen LogP contribution is -2.43. The van der Waals surface area contributed by atoms with Crippen LogP contribution in [0.5, 0.6) is 0 Å². The Morgan fingerprint density at radius 1 is 1.38 bits per heavy atom. The summed E-state index contributed by atoms with van der Waals surface area (Å²) in [7, 11) is 0. The van der Waals surface area contributed by atoms with Crippen LogP contribution in [0.15, 0.2) is 4.52 Å². The van der Waals surface area contributed by atoms with E-state index in [0.717, 1.165) is 25.8 Å². The van der Waals surface area contributed by atoms with E-state index >= 15 is 0 Å². The topological polar surface area (TPSA) is 88.7 Å². The monoisotopic (exact) mass is 297 g/mol. The van der Waals surface area contributed by atoms with Gasteiger partial charge in [-0.3, -0.25) is 9.69 Å². The van der Waals surface area contributed by atoms with Crippen LogP contribution in [0.25, 0.3) is 0 Å². The van der Waals surface area contributed by atoms with Gasteiger partial charge in [0.1, 0.15) is 0 Å². The van der Waals surface area contributed by atoms with Crippen molar-refractivity contribution in [2.24, 2.45) is 5.92 Å². The average Bonchev–Trinajstić information content (AvgIpc) is 3.07. The van der Waals surface area contributed by atoms with Crippen LogP contribution < -0.4 is 0 Å². The molecule has 21 heavy (non-hydrogen) atoms. The lowest BCUT2D eigenvalue weighted by atomic mass is 10.0. The molecule has 0 spiro atoms. The Labute approximate surface area is 124 Å². The number of ether oxygens (including phenoxy) is 1. The van der Waals surface area contributed by atoms with Crippen LogP contribution in [0.4, 0.5) is 0 Å². The lowest BCUT2D eigenvalue weighted by molar-refractivity contribution is -0.143. The van der Waals surface area contributed by atoms with Gasteiger partial charge in [0, 0.05) is 12.5 Å². The second-order valence-electron chi connectivity index (χ2n) is 5.37. The van der Waals surface area contributed by atoms with Crippen molar-refractivity contribution in [2.75, 3.05) is 19.8 Å². The van der Waals surface area contributed by atoms with Crippen molar-refractivity contribution in [2.45, 2.75) is 45.7 Å². The Morgan fingerprint density at radius 3 is 2.86 bits per heavy atom. The van der Waals surface area contributed by atoms with Gasteiger partial charge >= 0.3 is 5.97 Å². The normalized spacial score (nSPS) is 22.0. The molecule has 0 aromatic carbocycles. The highest BCUT2D eigenvalue weighted by Crippen LogP contribution is 2.22. The van der Waals surface area contributed by atoms with Crippen LogP contribution in [0.2, 0.25) is 0 Å². The molecule has 1 aromatic heterocycles. The summed E-state index contributed by atoms with van der Waals surface area (Å²) in [4.78, 5) is 17.8. The molecule has 2 unspecified atom stereocenters. The summed E-state index contributed by atoms with van der Waals surface area (Å²) in [5.41, 5.74) is 0. The maximum absolute atomic E-state index is 11.3. The van der Waals surface area contributed by atoms with Crippen molar-refractivity contribution in [1.29, 1.82) is 0 Å². The molecule has 118 valence electrons. The SMILES string of the molecule is CCCc1nc(CN(CCC)C2COCC2C(=O)O)no1. The number of aryl methyl sites for hydroxylation is 1. The van der Waals surface area contributed by atoms with Gasteiger partial charge in [0.25, 0.3) is 0 Å². The molecular formula is C14H23N3O4. The smallest absolute Gasteiger partial charge is 0.310 e. The lowest BCUT2D eigenvalue weighted by Gasteiger charge is -2.28. The molecule has 2 heterocycles. The Bertz CT molecular complexity index is 463. The Balaban J connectivity index is 2.05. The second kappa shape index (κ2) is 7.51. The molecule has 2 rings (SSSR count). The van der Waals surface area contributed by atoms with Crippen LogP contribution in [-0.4, -0.2) is 51.9 Å². The molecule has 1 aromatic rings. The first-order valence-electron chi connectivity index (χ1n) is 7.51. The van der Waals surface area contributed by atoms with Gasteiger partial charge in [-0.25, -0.2) is 0 Å². The number of nitrogens with zero attached hydrogens (tertiary/aromatic N) is 3. The molecule has 0 aliphatic carbocycles.